The fourth-order valence-electron chi connectivity index (χ4n) is 2.89. The van der Waals surface area contributed by atoms with Crippen molar-refractivity contribution in [1.29, 1.82) is 0 Å². The molecule has 1 amide bonds. The summed E-state index contributed by atoms with van der Waals surface area (Å²) in [5.74, 6) is 1.33. The Hall–Kier alpha value is -1.06. The molecule has 0 radical (unpaired) electrons. The van der Waals surface area contributed by atoms with Gasteiger partial charge in [0.2, 0.25) is 5.91 Å². The van der Waals surface area contributed by atoms with Crippen LogP contribution in [0.25, 0.3) is 0 Å². The summed E-state index contributed by atoms with van der Waals surface area (Å²) in [5, 5.41) is 4.28. The van der Waals surface area contributed by atoms with Crippen molar-refractivity contribution in [3.63, 3.8) is 0 Å². The van der Waals surface area contributed by atoms with E-state index in [1.807, 2.05) is 29.2 Å². The van der Waals surface area contributed by atoms with Gasteiger partial charge in [-0.05, 0) is 42.4 Å². The van der Waals surface area contributed by atoms with Crippen molar-refractivity contribution < 1.29 is 4.79 Å². The molecule has 2 fully saturated rings. The number of hydrogen-bond acceptors (Lipinski definition) is 2. The maximum absolute atomic E-state index is 12.7. The average Bonchev–Trinajstić information content (AvgIpc) is 3.18. The van der Waals surface area contributed by atoms with E-state index in [-0.39, 0.29) is 17.6 Å². The Kier molecular flexibility index (Phi) is 3.74. The lowest BCUT2D eigenvalue weighted by atomic mass is 9.97. The first kappa shape index (κ1) is 14.9. The number of nitrogens with zero attached hydrogens (tertiary/aromatic N) is 1. The van der Waals surface area contributed by atoms with Crippen LogP contribution in [0.3, 0.4) is 0 Å². The van der Waals surface area contributed by atoms with E-state index in [0.717, 1.165) is 30.0 Å². The highest BCUT2D eigenvalue weighted by Crippen LogP contribution is 2.46. The number of rotatable bonds is 4. The van der Waals surface area contributed by atoms with Crippen molar-refractivity contribution in [1.82, 2.24) is 10.2 Å². The minimum atomic E-state index is -0.277. The van der Waals surface area contributed by atoms with Gasteiger partial charge in [-0.25, -0.2) is 0 Å². The number of hydrogen-bond donors (Lipinski definition) is 1. The van der Waals surface area contributed by atoms with Gasteiger partial charge in [-0.2, -0.15) is 0 Å². The topological polar surface area (TPSA) is 32.3 Å². The van der Waals surface area contributed by atoms with Crippen LogP contribution in [-0.2, 0) is 4.79 Å². The zero-order valence-electron chi connectivity index (χ0n) is 12.9. The van der Waals surface area contributed by atoms with E-state index in [4.69, 9.17) is 11.6 Å². The third-order valence-electron chi connectivity index (χ3n) is 4.95. The summed E-state index contributed by atoms with van der Waals surface area (Å²) in [4.78, 5) is 14.8. The van der Waals surface area contributed by atoms with Crippen LogP contribution in [-0.4, -0.2) is 22.9 Å². The minimum Gasteiger partial charge on any atom is -0.321 e. The smallest absolute Gasteiger partial charge is 0.244 e. The van der Waals surface area contributed by atoms with Gasteiger partial charge in [0.15, 0.2) is 0 Å². The molecule has 2 atom stereocenters. The number of halogens is 1. The first-order valence-electron chi connectivity index (χ1n) is 7.77. The van der Waals surface area contributed by atoms with Crippen molar-refractivity contribution in [2.24, 2.45) is 11.8 Å². The maximum atomic E-state index is 12.7. The zero-order chi connectivity index (χ0) is 15.2. The molecular weight excluding hydrogens is 284 g/mol. The Bertz CT molecular complexity index is 536. The normalized spacial score (nSPS) is 24.9. The Labute approximate surface area is 131 Å². The molecule has 4 heteroatoms. The molecule has 1 aromatic rings. The van der Waals surface area contributed by atoms with E-state index < -0.39 is 0 Å². The molecule has 114 valence electrons. The Morgan fingerprint density at radius 3 is 2.43 bits per heavy atom. The van der Waals surface area contributed by atoms with E-state index in [9.17, 15) is 4.79 Å². The van der Waals surface area contributed by atoms with Gasteiger partial charge in [-0.3, -0.25) is 10.1 Å². The number of amides is 1. The van der Waals surface area contributed by atoms with Crippen LogP contribution < -0.4 is 5.32 Å². The molecule has 2 aliphatic rings. The number of benzene rings is 1. The van der Waals surface area contributed by atoms with Gasteiger partial charge in [-0.1, -0.05) is 44.5 Å². The van der Waals surface area contributed by atoms with Crippen LogP contribution >= 0.6 is 11.6 Å². The third kappa shape index (κ3) is 2.69. The second-order valence-corrected chi connectivity index (χ2v) is 7.30. The van der Waals surface area contributed by atoms with Gasteiger partial charge in [0.1, 0.15) is 11.7 Å². The summed E-state index contributed by atoms with van der Waals surface area (Å²) >= 11 is 5.98. The van der Waals surface area contributed by atoms with E-state index in [1.54, 1.807) is 0 Å². The molecule has 1 aliphatic carbocycles. The summed E-state index contributed by atoms with van der Waals surface area (Å²) in [6.07, 6.45) is 1.91. The van der Waals surface area contributed by atoms with Gasteiger partial charge < -0.3 is 4.90 Å². The van der Waals surface area contributed by atoms with Crippen LogP contribution in [0, 0.1) is 11.8 Å². The molecule has 2 unspecified atom stereocenters. The Morgan fingerprint density at radius 1 is 1.29 bits per heavy atom. The van der Waals surface area contributed by atoms with Crippen LogP contribution in [0.2, 0.25) is 5.02 Å². The predicted octanol–water partition coefficient (Wildman–Crippen LogP) is 3.60. The molecule has 1 aromatic carbocycles. The highest BCUT2D eigenvalue weighted by atomic mass is 35.5. The van der Waals surface area contributed by atoms with Gasteiger partial charge in [0, 0.05) is 11.6 Å². The molecule has 1 spiro atoms. The summed E-state index contributed by atoms with van der Waals surface area (Å²) in [7, 11) is 0. The number of carbonyl (C=O) groups excluding carboxylic acids is 1. The Morgan fingerprint density at radius 2 is 1.90 bits per heavy atom. The van der Waals surface area contributed by atoms with Crippen molar-refractivity contribution in [3.05, 3.63) is 34.9 Å². The summed E-state index contributed by atoms with van der Waals surface area (Å²) in [6.45, 7) is 7.44. The van der Waals surface area contributed by atoms with Gasteiger partial charge >= 0.3 is 0 Å². The van der Waals surface area contributed by atoms with Crippen molar-refractivity contribution >= 4 is 17.5 Å². The van der Waals surface area contributed by atoms with E-state index >= 15 is 0 Å². The fraction of sp³-hybridized carbons (Fsp3) is 0.588. The van der Waals surface area contributed by atoms with Gasteiger partial charge in [0.25, 0.3) is 0 Å². The zero-order valence-corrected chi connectivity index (χ0v) is 13.7. The van der Waals surface area contributed by atoms with Crippen LogP contribution in [0.1, 0.15) is 45.3 Å². The largest absolute Gasteiger partial charge is 0.321 e. The molecule has 1 aliphatic heterocycles. The lowest BCUT2D eigenvalue weighted by Crippen LogP contribution is -2.36. The van der Waals surface area contributed by atoms with Gasteiger partial charge in [-0.15, -0.1) is 0 Å². The standard InChI is InChI=1S/C17H23ClN2O/c1-11(2)12(3)10-20-15(13-4-6-14(18)7-5-13)19-17(8-9-17)16(20)21/h4-7,11-12,15,19H,8-10H2,1-3H3. The third-order valence-corrected chi connectivity index (χ3v) is 5.21. The second kappa shape index (κ2) is 5.29. The monoisotopic (exact) mass is 306 g/mol. The van der Waals surface area contributed by atoms with E-state index in [1.165, 1.54) is 0 Å². The molecule has 0 bridgehead atoms. The Balaban J connectivity index is 1.86. The molecule has 3 nitrogen and oxygen atoms in total. The van der Waals surface area contributed by atoms with Crippen molar-refractivity contribution in [2.75, 3.05) is 6.54 Å². The summed E-state index contributed by atoms with van der Waals surface area (Å²) in [5.41, 5.74) is 0.841. The summed E-state index contributed by atoms with van der Waals surface area (Å²) < 4.78 is 0. The summed E-state index contributed by atoms with van der Waals surface area (Å²) in [6, 6.07) is 7.82. The average molecular weight is 307 g/mol. The van der Waals surface area contributed by atoms with Gasteiger partial charge in [0.05, 0.1) is 0 Å². The van der Waals surface area contributed by atoms with Crippen LogP contribution in [0.4, 0.5) is 0 Å². The molecular formula is C17H23ClN2O. The molecule has 1 heterocycles. The first-order chi connectivity index (χ1) is 9.93. The second-order valence-electron chi connectivity index (χ2n) is 6.86. The lowest BCUT2D eigenvalue weighted by molar-refractivity contribution is -0.131. The fourth-order valence-corrected chi connectivity index (χ4v) is 3.02. The molecule has 1 saturated heterocycles. The number of nitrogens with one attached hydrogen (secondary N) is 1. The molecule has 3 rings (SSSR count). The van der Waals surface area contributed by atoms with Crippen LogP contribution in [0.15, 0.2) is 24.3 Å². The minimum absolute atomic E-state index is 0.0153. The quantitative estimate of drug-likeness (QED) is 0.922. The molecule has 0 aromatic heterocycles. The van der Waals surface area contributed by atoms with Crippen molar-refractivity contribution in [3.8, 4) is 0 Å². The maximum Gasteiger partial charge on any atom is 0.244 e. The molecule has 1 N–H and O–H groups in total. The van der Waals surface area contributed by atoms with E-state index in [0.29, 0.717) is 11.8 Å². The lowest BCUT2D eigenvalue weighted by Gasteiger charge is -2.29. The molecule has 21 heavy (non-hydrogen) atoms. The van der Waals surface area contributed by atoms with E-state index in [2.05, 4.69) is 26.1 Å². The SMILES string of the molecule is CC(C)C(C)CN1C(=O)C2(CC2)NC1c1ccc(Cl)cc1. The predicted molar refractivity (Wildman–Crippen MR) is 85.0 cm³/mol. The van der Waals surface area contributed by atoms with Crippen molar-refractivity contribution in [2.45, 2.75) is 45.3 Å². The molecule has 1 saturated carbocycles. The van der Waals surface area contributed by atoms with Crippen LogP contribution in [0.5, 0.6) is 0 Å². The number of carbonyl (C=O) groups is 1. The highest BCUT2D eigenvalue weighted by molar-refractivity contribution is 6.30. The highest BCUT2D eigenvalue weighted by Gasteiger charge is 2.59. The first-order valence-corrected chi connectivity index (χ1v) is 8.15.